The van der Waals surface area contributed by atoms with Gasteiger partial charge in [0.1, 0.15) is 12.6 Å². The Kier molecular flexibility index (Phi) is 5.21. The molecule has 6 nitrogen and oxygen atoms in total. The number of amides is 2. The van der Waals surface area contributed by atoms with Gasteiger partial charge in [0.2, 0.25) is 11.8 Å². The van der Waals surface area contributed by atoms with E-state index in [1.807, 2.05) is 0 Å². The van der Waals surface area contributed by atoms with Crippen LogP contribution >= 0.6 is 0 Å². The molecule has 4 N–H and O–H groups in total. The first kappa shape index (κ1) is 12.9. The Morgan fingerprint density at radius 2 is 2.12 bits per heavy atom. The molecule has 0 radical (unpaired) electrons. The fourth-order valence-electron chi connectivity index (χ4n) is 1.51. The van der Waals surface area contributed by atoms with Gasteiger partial charge in [-0.25, -0.2) is 0 Å². The monoisotopic (exact) mass is 229 g/mol. The molecule has 6 heteroatoms. The lowest BCUT2D eigenvalue weighted by Crippen LogP contribution is -2.44. The molecule has 0 bridgehead atoms. The highest BCUT2D eigenvalue weighted by atomic mass is 16.5. The van der Waals surface area contributed by atoms with Gasteiger partial charge < -0.3 is 21.1 Å². The molecule has 2 amide bonds. The van der Waals surface area contributed by atoms with Gasteiger partial charge in [0.05, 0.1) is 6.10 Å². The maximum Gasteiger partial charge on any atom is 0.246 e. The molecule has 0 aliphatic carbocycles. The van der Waals surface area contributed by atoms with E-state index in [0.717, 1.165) is 25.9 Å². The standard InChI is InChI=1S/C10H19N3O3/c1-7(10(11)15)13-9(14)6-16-8-2-4-12-5-3-8/h7-8,12H,2-6H2,1H3,(H2,11,15)(H,13,14). The maximum absolute atomic E-state index is 11.3. The van der Waals surface area contributed by atoms with Crippen LogP contribution in [-0.4, -0.2) is 43.7 Å². The molecule has 1 saturated heterocycles. The summed E-state index contributed by atoms with van der Waals surface area (Å²) in [6.07, 6.45) is 1.97. The Morgan fingerprint density at radius 3 is 2.69 bits per heavy atom. The van der Waals surface area contributed by atoms with E-state index < -0.39 is 11.9 Å². The van der Waals surface area contributed by atoms with Gasteiger partial charge in [-0.15, -0.1) is 0 Å². The molecule has 92 valence electrons. The Bertz CT molecular complexity index is 252. The van der Waals surface area contributed by atoms with E-state index in [0.29, 0.717) is 0 Å². The molecule has 1 rings (SSSR count). The quantitative estimate of drug-likeness (QED) is 0.549. The number of primary amides is 1. The number of carbonyl (C=O) groups is 2. The summed E-state index contributed by atoms with van der Waals surface area (Å²) in [5, 5.41) is 5.67. The molecule has 1 heterocycles. The largest absolute Gasteiger partial charge is 0.368 e. The molecule has 0 aromatic heterocycles. The fourth-order valence-corrected chi connectivity index (χ4v) is 1.51. The van der Waals surface area contributed by atoms with Crippen LogP contribution in [0.25, 0.3) is 0 Å². The molecule has 1 atom stereocenters. The smallest absolute Gasteiger partial charge is 0.246 e. The Morgan fingerprint density at radius 1 is 1.50 bits per heavy atom. The number of nitrogens with one attached hydrogen (secondary N) is 2. The van der Waals surface area contributed by atoms with E-state index in [4.69, 9.17) is 10.5 Å². The van der Waals surface area contributed by atoms with Crippen LogP contribution in [0.5, 0.6) is 0 Å². The lowest BCUT2D eigenvalue weighted by molar-refractivity contribution is -0.131. The van der Waals surface area contributed by atoms with E-state index in [9.17, 15) is 9.59 Å². The van der Waals surface area contributed by atoms with Crippen LogP contribution in [0.15, 0.2) is 0 Å². The van der Waals surface area contributed by atoms with Crippen LogP contribution in [0.1, 0.15) is 19.8 Å². The summed E-state index contributed by atoms with van der Waals surface area (Å²) >= 11 is 0. The normalized spacial score (nSPS) is 19.1. The van der Waals surface area contributed by atoms with Gasteiger partial charge in [0.25, 0.3) is 0 Å². The average molecular weight is 229 g/mol. The molecule has 1 fully saturated rings. The second kappa shape index (κ2) is 6.44. The number of hydrogen-bond acceptors (Lipinski definition) is 4. The van der Waals surface area contributed by atoms with Crippen molar-refractivity contribution in [3.05, 3.63) is 0 Å². The van der Waals surface area contributed by atoms with E-state index in [1.165, 1.54) is 0 Å². The zero-order chi connectivity index (χ0) is 12.0. The molecular formula is C10H19N3O3. The maximum atomic E-state index is 11.3. The van der Waals surface area contributed by atoms with Crippen molar-refractivity contribution in [2.45, 2.75) is 31.9 Å². The summed E-state index contributed by atoms with van der Waals surface area (Å²) in [6.45, 7) is 3.38. The molecule has 1 aliphatic rings. The Balaban J connectivity index is 2.16. The van der Waals surface area contributed by atoms with Crippen molar-refractivity contribution in [1.82, 2.24) is 10.6 Å². The second-order valence-corrected chi connectivity index (χ2v) is 3.95. The minimum absolute atomic E-state index is 0.0116. The third-order valence-electron chi connectivity index (χ3n) is 2.54. The number of nitrogens with two attached hydrogens (primary N) is 1. The summed E-state index contributed by atoms with van der Waals surface area (Å²) < 4.78 is 5.42. The predicted molar refractivity (Wildman–Crippen MR) is 58.6 cm³/mol. The van der Waals surface area contributed by atoms with Gasteiger partial charge in [0, 0.05) is 0 Å². The Hall–Kier alpha value is -1.14. The highest BCUT2D eigenvalue weighted by Gasteiger charge is 2.16. The van der Waals surface area contributed by atoms with Crippen molar-refractivity contribution in [1.29, 1.82) is 0 Å². The van der Waals surface area contributed by atoms with Crippen LogP contribution in [0.2, 0.25) is 0 Å². The molecule has 0 saturated carbocycles. The molecule has 0 aromatic rings. The lowest BCUT2D eigenvalue weighted by Gasteiger charge is -2.22. The number of hydrogen-bond donors (Lipinski definition) is 3. The van der Waals surface area contributed by atoms with Gasteiger partial charge in [-0.1, -0.05) is 0 Å². The summed E-state index contributed by atoms with van der Waals surface area (Å²) in [4.78, 5) is 22.0. The molecule has 1 aliphatic heterocycles. The molecular weight excluding hydrogens is 210 g/mol. The lowest BCUT2D eigenvalue weighted by atomic mass is 10.1. The van der Waals surface area contributed by atoms with Gasteiger partial charge >= 0.3 is 0 Å². The van der Waals surface area contributed by atoms with Crippen LogP contribution in [0, 0.1) is 0 Å². The summed E-state index contributed by atoms with van der Waals surface area (Å²) in [7, 11) is 0. The first-order valence-electron chi connectivity index (χ1n) is 5.50. The molecule has 16 heavy (non-hydrogen) atoms. The third kappa shape index (κ3) is 4.59. The van der Waals surface area contributed by atoms with E-state index in [2.05, 4.69) is 10.6 Å². The van der Waals surface area contributed by atoms with Gasteiger partial charge in [-0.2, -0.15) is 0 Å². The third-order valence-corrected chi connectivity index (χ3v) is 2.54. The summed E-state index contributed by atoms with van der Waals surface area (Å²) in [5.41, 5.74) is 5.02. The number of ether oxygens (including phenoxy) is 1. The van der Waals surface area contributed by atoms with Gasteiger partial charge in [0.15, 0.2) is 0 Å². The molecule has 1 unspecified atom stereocenters. The van der Waals surface area contributed by atoms with Crippen LogP contribution in [0.4, 0.5) is 0 Å². The zero-order valence-electron chi connectivity index (χ0n) is 9.49. The first-order valence-corrected chi connectivity index (χ1v) is 5.50. The highest BCUT2D eigenvalue weighted by molar-refractivity contribution is 5.86. The van der Waals surface area contributed by atoms with Crippen molar-refractivity contribution in [3.63, 3.8) is 0 Å². The topological polar surface area (TPSA) is 93.4 Å². The van der Waals surface area contributed by atoms with Gasteiger partial charge in [-0.3, -0.25) is 9.59 Å². The van der Waals surface area contributed by atoms with Crippen molar-refractivity contribution in [2.75, 3.05) is 19.7 Å². The van der Waals surface area contributed by atoms with Crippen molar-refractivity contribution in [2.24, 2.45) is 5.73 Å². The summed E-state index contributed by atoms with van der Waals surface area (Å²) in [6, 6.07) is -0.649. The van der Waals surface area contributed by atoms with E-state index in [-0.39, 0.29) is 18.6 Å². The van der Waals surface area contributed by atoms with E-state index in [1.54, 1.807) is 6.92 Å². The highest BCUT2D eigenvalue weighted by Crippen LogP contribution is 2.06. The van der Waals surface area contributed by atoms with Crippen molar-refractivity contribution in [3.8, 4) is 0 Å². The van der Waals surface area contributed by atoms with Crippen molar-refractivity contribution < 1.29 is 14.3 Å². The van der Waals surface area contributed by atoms with Crippen LogP contribution in [0.3, 0.4) is 0 Å². The minimum atomic E-state index is -0.649. The SMILES string of the molecule is CC(NC(=O)COC1CCNCC1)C(N)=O. The number of carbonyl (C=O) groups excluding carboxylic acids is 2. The zero-order valence-corrected chi connectivity index (χ0v) is 9.49. The predicted octanol–water partition coefficient (Wildman–Crippen LogP) is -1.25. The van der Waals surface area contributed by atoms with Crippen LogP contribution in [-0.2, 0) is 14.3 Å². The Labute approximate surface area is 94.9 Å². The fraction of sp³-hybridized carbons (Fsp3) is 0.800. The van der Waals surface area contributed by atoms with Gasteiger partial charge in [-0.05, 0) is 32.9 Å². The number of piperidine rings is 1. The van der Waals surface area contributed by atoms with E-state index >= 15 is 0 Å². The first-order chi connectivity index (χ1) is 7.59. The minimum Gasteiger partial charge on any atom is -0.368 e. The second-order valence-electron chi connectivity index (χ2n) is 3.95. The molecule has 0 spiro atoms. The molecule has 0 aromatic carbocycles. The average Bonchev–Trinajstić information content (AvgIpc) is 2.27. The van der Waals surface area contributed by atoms with Crippen molar-refractivity contribution >= 4 is 11.8 Å². The summed E-state index contributed by atoms with van der Waals surface area (Å²) in [5.74, 6) is -0.847. The number of rotatable bonds is 5. The van der Waals surface area contributed by atoms with Crippen LogP contribution < -0.4 is 16.4 Å².